The average Bonchev–Trinajstić information content (AvgIpc) is 3.20. The molecular formula is C23H17Br2ClN2O5S. The molecule has 1 aromatic heterocycles. The highest BCUT2D eigenvalue weighted by atomic mass is 79.9. The molecule has 4 rings (SSSR count). The molecule has 0 spiro atoms. The molecule has 34 heavy (non-hydrogen) atoms. The molecule has 0 bridgehead atoms. The van der Waals surface area contributed by atoms with Gasteiger partial charge in [0.15, 0.2) is 5.75 Å². The molecular weight excluding hydrogens is 612 g/mol. The van der Waals surface area contributed by atoms with Gasteiger partial charge in [0.05, 0.1) is 18.7 Å². The molecule has 0 aliphatic carbocycles. The van der Waals surface area contributed by atoms with E-state index in [0.717, 1.165) is 0 Å². The maximum atomic E-state index is 13.2. The number of ether oxygens (including phenoxy) is 1. The van der Waals surface area contributed by atoms with Crippen molar-refractivity contribution in [3.8, 4) is 11.5 Å². The first-order valence-electron chi connectivity index (χ1n) is 9.82. The van der Waals surface area contributed by atoms with Crippen molar-refractivity contribution in [3.63, 3.8) is 0 Å². The molecule has 0 amide bonds. The van der Waals surface area contributed by atoms with Crippen molar-refractivity contribution in [2.24, 2.45) is 5.73 Å². The number of aromatic amines is 1. The van der Waals surface area contributed by atoms with Gasteiger partial charge in [-0.3, -0.25) is 4.79 Å². The molecule has 4 N–H and O–H groups in total. The number of benzene rings is 3. The number of carbonyl (C=O) groups is 1. The van der Waals surface area contributed by atoms with Gasteiger partial charge in [-0.2, -0.15) is 0 Å². The van der Waals surface area contributed by atoms with Crippen LogP contribution in [0.3, 0.4) is 0 Å². The van der Waals surface area contributed by atoms with Gasteiger partial charge in [0.2, 0.25) is 9.84 Å². The number of carboxylic acids is 1. The standard InChI is InChI=1S/C23H17Br2ClN2O5S/c24-17-7-12(9-19(27)23(29)30)8-18(25)22(17)33-14-3-6-20-16(10-14)21(11-28-20)34(31,32)15-4-1-13(26)2-5-15/h1-8,10-11,19,28H,9,27H2,(H,29,30)/t19-/m0/s1. The quantitative estimate of drug-likeness (QED) is 0.233. The number of rotatable bonds is 7. The summed E-state index contributed by atoms with van der Waals surface area (Å²) in [6.45, 7) is 0. The second-order valence-electron chi connectivity index (χ2n) is 7.46. The summed E-state index contributed by atoms with van der Waals surface area (Å²) in [6, 6.07) is 13.5. The van der Waals surface area contributed by atoms with Gasteiger partial charge in [-0.05, 0) is 98.4 Å². The molecule has 0 aliphatic rings. The lowest BCUT2D eigenvalue weighted by Crippen LogP contribution is -2.32. The Labute approximate surface area is 217 Å². The molecule has 0 saturated heterocycles. The zero-order valence-corrected chi connectivity index (χ0v) is 22.0. The Morgan fingerprint density at radius 1 is 1.09 bits per heavy atom. The number of hydrogen-bond donors (Lipinski definition) is 3. The Balaban J connectivity index is 1.68. The van der Waals surface area contributed by atoms with Gasteiger partial charge in [0.25, 0.3) is 0 Å². The van der Waals surface area contributed by atoms with Gasteiger partial charge in [-0.15, -0.1) is 0 Å². The fraction of sp³-hybridized carbons (Fsp3) is 0.0870. The number of hydrogen-bond acceptors (Lipinski definition) is 5. The Kier molecular flexibility index (Phi) is 7.07. The van der Waals surface area contributed by atoms with Gasteiger partial charge >= 0.3 is 5.97 Å². The van der Waals surface area contributed by atoms with Crippen LogP contribution < -0.4 is 10.5 Å². The Morgan fingerprint density at radius 2 is 1.74 bits per heavy atom. The molecule has 11 heteroatoms. The number of H-pyrrole nitrogens is 1. The van der Waals surface area contributed by atoms with Crippen molar-refractivity contribution in [1.82, 2.24) is 4.98 Å². The molecule has 176 valence electrons. The minimum atomic E-state index is -3.79. The van der Waals surface area contributed by atoms with Crippen LogP contribution in [0.25, 0.3) is 10.9 Å². The van der Waals surface area contributed by atoms with Crippen LogP contribution in [-0.2, 0) is 21.1 Å². The lowest BCUT2D eigenvalue weighted by atomic mass is 10.1. The summed E-state index contributed by atoms with van der Waals surface area (Å²) in [6.07, 6.45) is 1.60. The van der Waals surface area contributed by atoms with Crippen LogP contribution in [0.1, 0.15) is 5.56 Å². The summed E-state index contributed by atoms with van der Waals surface area (Å²) >= 11 is 12.8. The number of halogens is 3. The van der Waals surface area contributed by atoms with Gasteiger partial charge in [0.1, 0.15) is 11.8 Å². The lowest BCUT2D eigenvalue weighted by Gasteiger charge is -2.13. The topological polar surface area (TPSA) is 122 Å². The second kappa shape index (κ2) is 9.71. The minimum Gasteiger partial charge on any atom is -0.480 e. The third-order valence-corrected chi connectivity index (χ3v) is 8.32. The SMILES string of the molecule is N[C@@H](Cc1cc(Br)c(Oc2ccc3[nH]cc(S(=O)(=O)c4ccc(Cl)cc4)c3c2)c(Br)c1)C(=O)O. The summed E-state index contributed by atoms with van der Waals surface area (Å²) in [5.74, 6) is -0.225. The van der Waals surface area contributed by atoms with E-state index in [1.165, 1.54) is 30.5 Å². The molecule has 3 aromatic carbocycles. The smallest absolute Gasteiger partial charge is 0.320 e. The maximum absolute atomic E-state index is 13.2. The zero-order chi connectivity index (χ0) is 24.6. The van der Waals surface area contributed by atoms with Crippen LogP contribution >= 0.6 is 43.5 Å². The van der Waals surface area contributed by atoms with Gasteiger partial charge in [-0.25, -0.2) is 8.42 Å². The van der Waals surface area contributed by atoms with Crippen LogP contribution in [0, 0.1) is 0 Å². The van der Waals surface area contributed by atoms with Crippen molar-refractivity contribution in [2.75, 3.05) is 0 Å². The average molecular weight is 629 g/mol. The summed E-state index contributed by atoms with van der Waals surface area (Å²) in [5, 5.41) is 9.96. The van der Waals surface area contributed by atoms with Crippen molar-refractivity contribution < 1.29 is 23.1 Å². The number of aromatic nitrogens is 1. The van der Waals surface area contributed by atoms with E-state index in [0.29, 0.717) is 41.9 Å². The highest BCUT2D eigenvalue weighted by Gasteiger charge is 2.22. The van der Waals surface area contributed by atoms with E-state index in [2.05, 4.69) is 36.8 Å². The van der Waals surface area contributed by atoms with Crippen molar-refractivity contribution >= 4 is 70.2 Å². The van der Waals surface area contributed by atoms with E-state index in [1.54, 1.807) is 30.3 Å². The van der Waals surface area contributed by atoms with Crippen LogP contribution in [0.15, 0.2) is 79.5 Å². The Hall–Kier alpha value is -2.37. The summed E-state index contributed by atoms with van der Waals surface area (Å²) in [5.41, 5.74) is 6.97. The summed E-state index contributed by atoms with van der Waals surface area (Å²) < 4.78 is 33.6. The summed E-state index contributed by atoms with van der Waals surface area (Å²) in [7, 11) is -3.79. The lowest BCUT2D eigenvalue weighted by molar-refractivity contribution is -0.138. The predicted octanol–water partition coefficient (Wildman–Crippen LogP) is 5.93. The molecule has 4 aromatic rings. The molecule has 1 atom stereocenters. The van der Waals surface area contributed by atoms with E-state index < -0.39 is 21.8 Å². The predicted molar refractivity (Wildman–Crippen MR) is 136 cm³/mol. The van der Waals surface area contributed by atoms with E-state index in [-0.39, 0.29) is 16.2 Å². The zero-order valence-electron chi connectivity index (χ0n) is 17.3. The Morgan fingerprint density at radius 3 is 2.35 bits per heavy atom. The fourth-order valence-corrected chi connectivity index (χ4v) is 6.38. The van der Waals surface area contributed by atoms with Crippen molar-refractivity contribution in [3.05, 3.63) is 80.3 Å². The van der Waals surface area contributed by atoms with Crippen LogP contribution in [0.2, 0.25) is 5.02 Å². The van der Waals surface area contributed by atoms with Gasteiger partial charge in [-0.1, -0.05) is 11.6 Å². The molecule has 0 saturated carbocycles. The van der Waals surface area contributed by atoms with E-state index >= 15 is 0 Å². The number of nitrogens with two attached hydrogens (primary N) is 1. The minimum absolute atomic E-state index is 0.117. The van der Waals surface area contributed by atoms with Gasteiger partial charge < -0.3 is 20.6 Å². The third kappa shape index (κ3) is 5.01. The van der Waals surface area contributed by atoms with Crippen LogP contribution in [0.5, 0.6) is 11.5 Å². The number of nitrogens with one attached hydrogen (secondary N) is 1. The first kappa shape index (κ1) is 24.7. The van der Waals surface area contributed by atoms with E-state index in [9.17, 15) is 13.2 Å². The number of aliphatic carboxylic acids is 1. The molecule has 7 nitrogen and oxygen atoms in total. The maximum Gasteiger partial charge on any atom is 0.320 e. The normalized spacial score (nSPS) is 12.6. The number of fused-ring (bicyclic) bond motifs is 1. The molecule has 0 aliphatic heterocycles. The Bertz CT molecular complexity index is 1480. The van der Waals surface area contributed by atoms with E-state index in [4.69, 9.17) is 27.2 Å². The van der Waals surface area contributed by atoms with Crippen molar-refractivity contribution in [1.29, 1.82) is 0 Å². The number of sulfone groups is 1. The molecule has 1 heterocycles. The fourth-order valence-electron chi connectivity index (χ4n) is 3.39. The van der Waals surface area contributed by atoms with Crippen molar-refractivity contribution in [2.45, 2.75) is 22.3 Å². The highest BCUT2D eigenvalue weighted by molar-refractivity contribution is 9.11. The third-order valence-electron chi connectivity index (χ3n) is 5.08. The first-order valence-corrected chi connectivity index (χ1v) is 13.3. The molecule has 0 radical (unpaired) electrons. The highest BCUT2D eigenvalue weighted by Crippen LogP contribution is 2.39. The van der Waals surface area contributed by atoms with Gasteiger partial charge in [0, 0.05) is 22.1 Å². The van der Waals surface area contributed by atoms with Crippen LogP contribution in [-0.4, -0.2) is 30.5 Å². The largest absolute Gasteiger partial charge is 0.480 e. The monoisotopic (exact) mass is 626 g/mol. The molecule has 0 unspecified atom stereocenters. The molecule has 0 fully saturated rings. The first-order chi connectivity index (χ1) is 16.1. The second-order valence-corrected chi connectivity index (χ2v) is 11.5. The summed E-state index contributed by atoms with van der Waals surface area (Å²) in [4.78, 5) is 14.3. The van der Waals surface area contributed by atoms with E-state index in [1.807, 2.05) is 0 Å². The van der Waals surface area contributed by atoms with Crippen LogP contribution in [0.4, 0.5) is 0 Å². The number of carboxylic acid groups (broad SMARTS) is 1.